The molecule has 0 spiro atoms. The van der Waals surface area contributed by atoms with Crippen molar-refractivity contribution in [2.24, 2.45) is 0 Å². The topological polar surface area (TPSA) is 42.0 Å². The lowest BCUT2D eigenvalue weighted by Gasteiger charge is -2.06. The van der Waals surface area contributed by atoms with E-state index >= 15 is 0 Å². The average Bonchev–Trinajstić information content (AvgIpc) is 2.47. The second kappa shape index (κ2) is 7.27. The smallest absolute Gasteiger partial charge is 0.252 e. The quantitative estimate of drug-likeness (QED) is 0.675. The molecule has 1 aromatic carbocycles. The van der Waals surface area contributed by atoms with E-state index in [0.29, 0.717) is 12.1 Å². The van der Waals surface area contributed by atoms with Gasteiger partial charge in [0.2, 0.25) is 0 Å². The van der Waals surface area contributed by atoms with Crippen molar-refractivity contribution in [3.63, 3.8) is 0 Å². The van der Waals surface area contributed by atoms with Gasteiger partial charge in [-0.25, -0.2) is 4.98 Å². The van der Waals surface area contributed by atoms with Gasteiger partial charge in [0.05, 0.1) is 10.6 Å². The van der Waals surface area contributed by atoms with Crippen LogP contribution in [0.3, 0.4) is 0 Å². The third-order valence-electron chi connectivity index (χ3n) is 2.83. The van der Waals surface area contributed by atoms with E-state index in [-0.39, 0.29) is 16.1 Å². The van der Waals surface area contributed by atoms with E-state index < -0.39 is 0 Å². The van der Waals surface area contributed by atoms with Gasteiger partial charge in [0.15, 0.2) is 0 Å². The largest absolute Gasteiger partial charge is 0.352 e. The number of nitrogens with one attached hydrogen (secondary N) is 1. The van der Waals surface area contributed by atoms with Gasteiger partial charge in [0.1, 0.15) is 5.15 Å². The van der Waals surface area contributed by atoms with Gasteiger partial charge >= 0.3 is 0 Å². The maximum Gasteiger partial charge on any atom is 0.252 e. The van der Waals surface area contributed by atoms with Gasteiger partial charge in [-0.1, -0.05) is 53.5 Å². The van der Waals surface area contributed by atoms with Gasteiger partial charge in [-0.3, -0.25) is 4.79 Å². The van der Waals surface area contributed by atoms with Crippen molar-refractivity contribution in [1.82, 2.24) is 10.3 Å². The average molecular weight is 309 g/mol. The summed E-state index contributed by atoms with van der Waals surface area (Å²) < 4.78 is 0. The first kappa shape index (κ1) is 14.8. The van der Waals surface area contributed by atoms with Crippen molar-refractivity contribution in [1.29, 1.82) is 0 Å². The lowest BCUT2D eigenvalue weighted by molar-refractivity contribution is 0.0953. The van der Waals surface area contributed by atoms with Crippen LogP contribution in [0.1, 0.15) is 22.3 Å². The molecule has 0 atom stereocenters. The molecule has 0 unspecified atom stereocenters. The molecule has 104 valence electrons. The van der Waals surface area contributed by atoms with Crippen LogP contribution in [0.2, 0.25) is 10.2 Å². The molecule has 0 aliphatic carbocycles. The molecule has 1 aromatic heterocycles. The fraction of sp³-hybridized carbons (Fsp3) is 0.200. The van der Waals surface area contributed by atoms with Crippen molar-refractivity contribution >= 4 is 29.1 Å². The molecule has 0 fully saturated rings. The first-order valence-corrected chi connectivity index (χ1v) is 7.05. The Morgan fingerprint density at radius 3 is 2.65 bits per heavy atom. The van der Waals surface area contributed by atoms with Gasteiger partial charge in [0, 0.05) is 12.7 Å². The van der Waals surface area contributed by atoms with Gasteiger partial charge < -0.3 is 5.32 Å². The Hall–Kier alpha value is -1.58. The van der Waals surface area contributed by atoms with E-state index in [2.05, 4.69) is 22.4 Å². The molecular formula is C15H14Cl2N2O. The molecule has 0 saturated heterocycles. The molecule has 2 rings (SSSR count). The second-order valence-electron chi connectivity index (χ2n) is 4.34. The Morgan fingerprint density at radius 1 is 1.20 bits per heavy atom. The van der Waals surface area contributed by atoms with E-state index in [1.807, 2.05) is 18.2 Å². The number of hydrogen-bond donors (Lipinski definition) is 1. The van der Waals surface area contributed by atoms with Crippen LogP contribution >= 0.6 is 23.2 Å². The minimum absolute atomic E-state index is 0.191. The summed E-state index contributed by atoms with van der Waals surface area (Å²) in [6, 6.07) is 11.7. The first-order valence-electron chi connectivity index (χ1n) is 6.30. The molecular weight excluding hydrogens is 295 g/mol. The molecule has 0 radical (unpaired) electrons. The maximum atomic E-state index is 11.9. The summed E-state index contributed by atoms with van der Waals surface area (Å²) >= 11 is 11.5. The van der Waals surface area contributed by atoms with Gasteiger partial charge in [0.25, 0.3) is 5.91 Å². The molecule has 2 aromatic rings. The number of rotatable bonds is 5. The zero-order chi connectivity index (χ0) is 14.4. The third kappa shape index (κ3) is 4.22. The molecule has 0 bridgehead atoms. The van der Waals surface area contributed by atoms with Crippen molar-refractivity contribution in [2.45, 2.75) is 12.8 Å². The first-order chi connectivity index (χ1) is 9.66. The van der Waals surface area contributed by atoms with E-state index in [0.717, 1.165) is 12.8 Å². The lowest BCUT2D eigenvalue weighted by Crippen LogP contribution is -2.24. The predicted octanol–water partition coefficient (Wildman–Crippen LogP) is 3.75. The van der Waals surface area contributed by atoms with Crippen molar-refractivity contribution < 1.29 is 4.79 Å². The number of aromatic nitrogens is 1. The predicted molar refractivity (Wildman–Crippen MR) is 81.4 cm³/mol. The van der Waals surface area contributed by atoms with Crippen LogP contribution in [-0.2, 0) is 6.42 Å². The summed E-state index contributed by atoms with van der Waals surface area (Å²) in [6.07, 6.45) is 3.23. The monoisotopic (exact) mass is 308 g/mol. The Bertz CT molecular complexity index is 588. The molecule has 0 aliphatic heterocycles. The van der Waals surface area contributed by atoms with Crippen LogP contribution < -0.4 is 5.32 Å². The van der Waals surface area contributed by atoms with E-state index in [1.165, 1.54) is 17.8 Å². The summed E-state index contributed by atoms with van der Waals surface area (Å²) in [5, 5.41) is 3.32. The van der Waals surface area contributed by atoms with Crippen molar-refractivity contribution in [3.05, 3.63) is 63.9 Å². The van der Waals surface area contributed by atoms with Crippen LogP contribution in [0.25, 0.3) is 0 Å². The maximum absolute atomic E-state index is 11.9. The van der Waals surface area contributed by atoms with E-state index in [1.54, 1.807) is 0 Å². The van der Waals surface area contributed by atoms with Gasteiger partial charge in [-0.2, -0.15) is 0 Å². The van der Waals surface area contributed by atoms with Crippen LogP contribution in [0.4, 0.5) is 0 Å². The molecule has 20 heavy (non-hydrogen) atoms. The Labute approximate surface area is 127 Å². The number of pyridine rings is 1. The number of aryl methyl sites for hydroxylation is 1. The van der Waals surface area contributed by atoms with Crippen molar-refractivity contribution in [3.8, 4) is 0 Å². The minimum Gasteiger partial charge on any atom is -0.352 e. The standard InChI is InChI=1S/C15H14Cl2N2O/c16-13-9-12(10-19-14(13)17)15(20)18-8-4-7-11-5-2-1-3-6-11/h1-3,5-6,9-10H,4,7-8H2,(H,18,20). The molecule has 1 N–H and O–H groups in total. The molecule has 5 heteroatoms. The third-order valence-corrected chi connectivity index (χ3v) is 3.52. The Morgan fingerprint density at radius 2 is 1.95 bits per heavy atom. The van der Waals surface area contributed by atoms with Crippen LogP contribution in [-0.4, -0.2) is 17.4 Å². The summed E-state index contributed by atoms with van der Waals surface area (Å²) in [4.78, 5) is 15.7. The molecule has 0 aliphatic rings. The fourth-order valence-electron chi connectivity index (χ4n) is 1.79. The van der Waals surface area contributed by atoms with E-state index in [9.17, 15) is 4.79 Å². The van der Waals surface area contributed by atoms with Crippen LogP contribution in [0, 0.1) is 0 Å². The number of carbonyl (C=O) groups excluding carboxylic acids is 1. The summed E-state index contributed by atoms with van der Waals surface area (Å²) in [5.74, 6) is -0.191. The zero-order valence-electron chi connectivity index (χ0n) is 10.8. The highest BCUT2D eigenvalue weighted by Crippen LogP contribution is 2.19. The van der Waals surface area contributed by atoms with E-state index in [4.69, 9.17) is 23.2 Å². The number of nitrogens with zero attached hydrogens (tertiary/aromatic N) is 1. The number of amides is 1. The number of halogens is 2. The van der Waals surface area contributed by atoms with Crippen molar-refractivity contribution in [2.75, 3.05) is 6.54 Å². The lowest BCUT2D eigenvalue weighted by atomic mass is 10.1. The normalized spacial score (nSPS) is 10.3. The SMILES string of the molecule is O=C(NCCCc1ccccc1)c1cnc(Cl)c(Cl)c1. The molecule has 0 saturated carbocycles. The molecule has 3 nitrogen and oxygen atoms in total. The summed E-state index contributed by atoms with van der Waals surface area (Å²) in [5.41, 5.74) is 1.68. The molecule has 1 heterocycles. The van der Waals surface area contributed by atoms with Crippen LogP contribution in [0.15, 0.2) is 42.6 Å². The summed E-state index contributed by atoms with van der Waals surface area (Å²) in [7, 11) is 0. The van der Waals surface area contributed by atoms with Gasteiger partial charge in [-0.15, -0.1) is 0 Å². The second-order valence-corrected chi connectivity index (χ2v) is 5.11. The Balaban J connectivity index is 1.79. The zero-order valence-corrected chi connectivity index (χ0v) is 12.3. The van der Waals surface area contributed by atoms with Crippen LogP contribution in [0.5, 0.6) is 0 Å². The highest BCUT2D eigenvalue weighted by molar-refractivity contribution is 6.41. The number of benzene rings is 1. The summed E-state index contributed by atoms with van der Waals surface area (Å²) in [6.45, 7) is 0.605. The fourth-order valence-corrected chi connectivity index (χ4v) is 2.06. The van der Waals surface area contributed by atoms with Gasteiger partial charge in [-0.05, 0) is 24.5 Å². The number of hydrogen-bond acceptors (Lipinski definition) is 2. The highest BCUT2D eigenvalue weighted by atomic mass is 35.5. The molecule has 1 amide bonds. The minimum atomic E-state index is -0.191. The highest BCUT2D eigenvalue weighted by Gasteiger charge is 2.08. The Kier molecular flexibility index (Phi) is 5.39. The number of carbonyl (C=O) groups is 1.